The van der Waals surface area contributed by atoms with Crippen LogP contribution in [0, 0.1) is 5.82 Å². The van der Waals surface area contributed by atoms with E-state index in [9.17, 15) is 9.18 Å². The van der Waals surface area contributed by atoms with Crippen LogP contribution in [-0.2, 0) is 4.79 Å². The van der Waals surface area contributed by atoms with E-state index >= 15 is 0 Å². The molecule has 2 heterocycles. The normalized spacial score (nSPS) is 30.9. The monoisotopic (exact) mass is 291 g/mol. The number of piperidine rings is 1. The smallest absolute Gasteiger partial charge is 0.238 e. The van der Waals surface area contributed by atoms with Gasteiger partial charge in [0.25, 0.3) is 0 Å². The Morgan fingerprint density at radius 3 is 2.90 bits per heavy atom. The Morgan fingerprint density at radius 2 is 2.19 bits per heavy atom. The van der Waals surface area contributed by atoms with E-state index < -0.39 is 0 Å². The molecule has 0 radical (unpaired) electrons. The number of nitrogens with zero attached hydrogens (tertiary/aromatic N) is 2. The number of likely N-dealkylation sites (tertiary alicyclic amines) is 1. The first-order valence-corrected chi connectivity index (χ1v) is 7.56. The van der Waals surface area contributed by atoms with Crippen molar-refractivity contribution in [3.63, 3.8) is 0 Å². The van der Waals surface area contributed by atoms with Crippen molar-refractivity contribution >= 4 is 5.91 Å². The zero-order valence-corrected chi connectivity index (χ0v) is 12.6. The van der Waals surface area contributed by atoms with Gasteiger partial charge >= 0.3 is 0 Å². The topological polar surface area (TPSA) is 35.6 Å². The third-order valence-electron chi connectivity index (χ3n) is 4.75. The van der Waals surface area contributed by atoms with Crippen LogP contribution in [0.1, 0.15) is 31.5 Å². The molecule has 0 bridgehead atoms. The van der Waals surface area contributed by atoms with Gasteiger partial charge in [0.15, 0.2) is 0 Å². The van der Waals surface area contributed by atoms with Gasteiger partial charge in [-0.05, 0) is 44.5 Å². The third kappa shape index (κ3) is 2.80. The first kappa shape index (κ1) is 14.5. The summed E-state index contributed by atoms with van der Waals surface area (Å²) in [5, 5.41) is 3.22. The van der Waals surface area contributed by atoms with Crippen LogP contribution in [0.15, 0.2) is 24.3 Å². The molecule has 114 valence electrons. The van der Waals surface area contributed by atoms with Crippen LogP contribution < -0.4 is 5.32 Å². The van der Waals surface area contributed by atoms with Crippen LogP contribution in [-0.4, -0.2) is 47.9 Å². The fourth-order valence-corrected chi connectivity index (χ4v) is 3.40. The van der Waals surface area contributed by atoms with E-state index in [0.29, 0.717) is 12.6 Å². The Morgan fingerprint density at radius 1 is 1.38 bits per heavy atom. The second-order valence-corrected chi connectivity index (χ2v) is 6.15. The molecule has 2 fully saturated rings. The largest absolute Gasteiger partial charge is 0.319 e. The van der Waals surface area contributed by atoms with Crippen LogP contribution in [0.2, 0.25) is 0 Å². The van der Waals surface area contributed by atoms with Crippen molar-refractivity contribution in [2.24, 2.45) is 0 Å². The van der Waals surface area contributed by atoms with E-state index in [0.717, 1.165) is 24.9 Å². The molecular weight excluding hydrogens is 269 g/mol. The number of rotatable bonds is 2. The molecule has 2 aliphatic heterocycles. The van der Waals surface area contributed by atoms with E-state index in [-0.39, 0.29) is 23.9 Å². The van der Waals surface area contributed by atoms with Crippen molar-refractivity contribution < 1.29 is 9.18 Å². The molecular formula is C16H22FN3O. The maximum Gasteiger partial charge on any atom is 0.238 e. The molecule has 3 rings (SSSR count). The lowest BCUT2D eigenvalue weighted by atomic mass is 9.96. The number of benzene rings is 1. The molecule has 21 heavy (non-hydrogen) atoms. The van der Waals surface area contributed by atoms with Crippen LogP contribution in [0.3, 0.4) is 0 Å². The summed E-state index contributed by atoms with van der Waals surface area (Å²) in [4.78, 5) is 16.5. The van der Waals surface area contributed by atoms with E-state index in [2.05, 4.69) is 24.2 Å². The standard InChI is InChI=1S/C16H22FN3O/c1-11-8-14(6-7-19(11)2)20-15(21)10-18-16(20)12-4-3-5-13(17)9-12/h3-5,9,11,14,16,18H,6-8,10H2,1-2H3. The van der Waals surface area contributed by atoms with Crippen LogP contribution in [0.25, 0.3) is 0 Å². The minimum atomic E-state index is -0.259. The van der Waals surface area contributed by atoms with Gasteiger partial charge in [-0.15, -0.1) is 0 Å². The fourth-order valence-electron chi connectivity index (χ4n) is 3.40. The lowest BCUT2D eigenvalue weighted by Crippen LogP contribution is -2.49. The molecule has 2 saturated heterocycles. The predicted octanol–water partition coefficient (Wildman–Crippen LogP) is 1.74. The van der Waals surface area contributed by atoms with Crippen molar-refractivity contribution in [1.82, 2.24) is 15.1 Å². The van der Waals surface area contributed by atoms with Gasteiger partial charge in [-0.2, -0.15) is 0 Å². The highest BCUT2D eigenvalue weighted by Crippen LogP contribution is 2.30. The molecule has 0 saturated carbocycles. The Kier molecular flexibility index (Phi) is 3.95. The summed E-state index contributed by atoms with van der Waals surface area (Å²) in [6.07, 6.45) is 1.74. The maximum absolute atomic E-state index is 13.5. The SMILES string of the molecule is CC1CC(N2C(=O)CNC2c2cccc(F)c2)CCN1C. The number of nitrogens with one attached hydrogen (secondary N) is 1. The zero-order chi connectivity index (χ0) is 15.0. The highest BCUT2D eigenvalue weighted by molar-refractivity contribution is 5.81. The number of carbonyl (C=O) groups is 1. The maximum atomic E-state index is 13.5. The number of hydrogen-bond donors (Lipinski definition) is 1. The third-order valence-corrected chi connectivity index (χ3v) is 4.75. The summed E-state index contributed by atoms with van der Waals surface area (Å²) >= 11 is 0. The molecule has 5 heteroatoms. The Labute approximate surface area is 124 Å². The lowest BCUT2D eigenvalue weighted by molar-refractivity contribution is -0.131. The Balaban J connectivity index is 1.83. The molecule has 1 aromatic carbocycles. The summed E-state index contributed by atoms with van der Waals surface area (Å²) in [6, 6.07) is 7.22. The zero-order valence-electron chi connectivity index (χ0n) is 12.6. The Bertz CT molecular complexity index is 536. The molecule has 4 nitrogen and oxygen atoms in total. The Hall–Kier alpha value is -1.46. The molecule has 0 aliphatic carbocycles. The number of hydrogen-bond acceptors (Lipinski definition) is 3. The van der Waals surface area contributed by atoms with Gasteiger partial charge in [0, 0.05) is 18.6 Å². The van der Waals surface area contributed by atoms with Gasteiger partial charge in [-0.25, -0.2) is 4.39 Å². The predicted molar refractivity (Wildman–Crippen MR) is 79.1 cm³/mol. The highest BCUT2D eigenvalue weighted by Gasteiger charge is 2.39. The second kappa shape index (κ2) is 5.73. The average Bonchev–Trinajstić information content (AvgIpc) is 2.84. The van der Waals surface area contributed by atoms with Gasteiger partial charge in [0.05, 0.1) is 6.54 Å². The van der Waals surface area contributed by atoms with Crippen molar-refractivity contribution in [3.8, 4) is 0 Å². The summed E-state index contributed by atoms with van der Waals surface area (Å²) in [7, 11) is 2.12. The van der Waals surface area contributed by atoms with E-state index in [1.807, 2.05) is 11.0 Å². The lowest BCUT2D eigenvalue weighted by Gasteiger charge is -2.41. The first-order valence-electron chi connectivity index (χ1n) is 7.56. The van der Waals surface area contributed by atoms with E-state index in [4.69, 9.17) is 0 Å². The quantitative estimate of drug-likeness (QED) is 0.901. The van der Waals surface area contributed by atoms with Crippen molar-refractivity contribution in [3.05, 3.63) is 35.6 Å². The van der Waals surface area contributed by atoms with Gasteiger partial charge in [0.1, 0.15) is 12.0 Å². The molecule has 0 spiro atoms. The number of amides is 1. The fraction of sp³-hybridized carbons (Fsp3) is 0.562. The van der Waals surface area contributed by atoms with Gasteiger partial charge in [-0.3, -0.25) is 10.1 Å². The van der Waals surface area contributed by atoms with E-state index in [1.165, 1.54) is 12.1 Å². The van der Waals surface area contributed by atoms with Crippen LogP contribution >= 0.6 is 0 Å². The summed E-state index contributed by atoms with van der Waals surface area (Å²) in [5.41, 5.74) is 0.826. The molecule has 1 amide bonds. The number of halogens is 1. The number of carbonyl (C=O) groups excluding carboxylic acids is 1. The molecule has 1 aromatic rings. The molecule has 3 atom stereocenters. The first-order chi connectivity index (χ1) is 10.1. The summed E-state index contributed by atoms with van der Waals surface area (Å²) in [5.74, 6) is -0.142. The van der Waals surface area contributed by atoms with Crippen molar-refractivity contribution in [2.45, 2.75) is 38.0 Å². The van der Waals surface area contributed by atoms with Crippen molar-refractivity contribution in [1.29, 1.82) is 0 Å². The minimum Gasteiger partial charge on any atom is -0.319 e. The van der Waals surface area contributed by atoms with Gasteiger partial charge < -0.3 is 9.80 Å². The van der Waals surface area contributed by atoms with Crippen molar-refractivity contribution in [2.75, 3.05) is 20.1 Å². The second-order valence-electron chi connectivity index (χ2n) is 6.15. The summed E-state index contributed by atoms with van der Waals surface area (Å²) in [6.45, 7) is 3.52. The van der Waals surface area contributed by atoms with Gasteiger partial charge in [0.2, 0.25) is 5.91 Å². The van der Waals surface area contributed by atoms with E-state index in [1.54, 1.807) is 6.07 Å². The van der Waals surface area contributed by atoms with Gasteiger partial charge in [-0.1, -0.05) is 12.1 Å². The molecule has 1 N–H and O–H groups in total. The molecule has 3 unspecified atom stereocenters. The molecule has 2 aliphatic rings. The van der Waals surface area contributed by atoms with Crippen LogP contribution in [0.4, 0.5) is 4.39 Å². The minimum absolute atomic E-state index is 0.117. The summed E-state index contributed by atoms with van der Waals surface area (Å²) < 4.78 is 13.5. The average molecular weight is 291 g/mol. The molecule has 0 aromatic heterocycles. The highest BCUT2D eigenvalue weighted by atomic mass is 19.1. The van der Waals surface area contributed by atoms with Crippen LogP contribution in [0.5, 0.6) is 0 Å².